The summed E-state index contributed by atoms with van der Waals surface area (Å²) in [5, 5.41) is 2.37. The molecule has 0 aliphatic rings. The summed E-state index contributed by atoms with van der Waals surface area (Å²) in [7, 11) is 3.07. The molecule has 0 aliphatic carbocycles. The van der Waals surface area contributed by atoms with Crippen molar-refractivity contribution < 1.29 is 23.8 Å². The van der Waals surface area contributed by atoms with Gasteiger partial charge in [-0.15, -0.1) is 0 Å². The molecule has 8 nitrogen and oxygen atoms in total. The SMILES string of the molecule is COc1ccc(/C=C/C(=O)NC(=S)NNC(=O)COc2ccc(C(C)C)cc2Br)cc1OC. The zero-order valence-electron chi connectivity index (χ0n) is 18.7. The molecule has 0 saturated heterocycles. The lowest BCUT2D eigenvalue weighted by Crippen LogP contribution is -2.49. The number of methoxy groups -OCH3 is 2. The maximum atomic E-state index is 12.0. The fourth-order valence-electron chi connectivity index (χ4n) is 2.61. The van der Waals surface area contributed by atoms with Gasteiger partial charge >= 0.3 is 0 Å². The van der Waals surface area contributed by atoms with Crippen LogP contribution < -0.4 is 30.4 Å². The zero-order chi connectivity index (χ0) is 24.4. The molecule has 0 aromatic heterocycles. The van der Waals surface area contributed by atoms with Crippen LogP contribution in [0.4, 0.5) is 0 Å². The number of nitrogens with one attached hydrogen (secondary N) is 3. The van der Waals surface area contributed by atoms with E-state index in [1.807, 2.05) is 12.1 Å². The lowest BCUT2D eigenvalue weighted by Gasteiger charge is -2.12. The number of carbonyl (C=O) groups is 2. The maximum Gasteiger partial charge on any atom is 0.276 e. The molecule has 2 aromatic carbocycles. The molecular weight excluding hydrogens is 510 g/mol. The van der Waals surface area contributed by atoms with Gasteiger partial charge in [-0.3, -0.25) is 25.8 Å². The molecule has 0 saturated carbocycles. The van der Waals surface area contributed by atoms with Gasteiger partial charge in [0.2, 0.25) is 5.91 Å². The molecule has 0 heterocycles. The number of benzene rings is 2. The van der Waals surface area contributed by atoms with Crippen LogP contribution in [0.5, 0.6) is 17.2 Å². The van der Waals surface area contributed by atoms with Gasteiger partial charge in [-0.25, -0.2) is 0 Å². The fourth-order valence-corrected chi connectivity index (χ4v) is 3.27. The highest BCUT2D eigenvalue weighted by Gasteiger charge is 2.09. The van der Waals surface area contributed by atoms with Crippen molar-refractivity contribution in [2.45, 2.75) is 19.8 Å². The molecule has 0 radical (unpaired) electrons. The lowest BCUT2D eigenvalue weighted by atomic mass is 10.0. The van der Waals surface area contributed by atoms with E-state index >= 15 is 0 Å². The minimum absolute atomic E-state index is 0.0622. The second-order valence-corrected chi connectivity index (χ2v) is 8.34. The van der Waals surface area contributed by atoms with E-state index in [-0.39, 0.29) is 11.7 Å². The van der Waals surface area contributed by atoms with Crippen molar-refractivity contribution in [1.29, 1.82) is 0 Å². The molecule has 0 fully saturated rings. The van der Waals surface area contributed by atoms with Crippen LogP contribution in [0.15, 0.2) is 46.9 Å². The molecule has 0 unspecified atom stereocenters. The molecule has 3 N–H and O–H groups in total. The lowest BCUT2D eigenvalue weighted by molar-refractivity contribution is -0.123. The van der Waals surface area contributed by atoms with E-state index in [4.69, 9.17) is 26.4 Å². The van der Waals surface area contributed by atoms with Crippen LogP contribution >= 0.6 is 28.1 Å². The summed E-state index contributed by atoms with van der Waals surface area (Å²) < 4.78 is 16.7. The van der Waals surface area contributed by atoms with Crippen LogP contribution in [-0.4, -0.2) is 37.8 Å². The molecule has 176 valence electrons. The van der Waals surface area contributed by atoms with Crippen molar-refractivity contribution in [2.75, 3.05) is 20.8 Å². The number of amides is 2. The van der Waals surface area contributed by atoms with Gasteiger partial charge in [0, 0.05) is 6.08 Å². The van der Waals surface area contributed by atoms with Crippen LogP contribution in [0.2, 0.25) is 0 Å². The molecule has 2 rings (SSSR count). The molecule has 0 atom stereocenters. The highest BCUT2D eigenvalue weighted by molar-refractivity contribution is 9.10. The van der Waals surface area contributed by atoms with E-state index in [0.717, 1.165) is 15.6 Å². The van der Waals surface area contributed by atoms with Crippen LogP contribution in [-0.2, 0) is 9.59 Å². The van der Waals surface area contributed by atoms with Crippen LogP contribution in [0, 0.1) is 0 Å². The summed E-state index contributed by atoms with van der Waals surface area (Å²) in [6.07, 6.45) is 2.90. The molecule has 0 bridgehead atoms. The molecular formula is C23H26BrN3O5S. The highest BCUT2D eigenvalue weighted by atomic mass is 79.9. The van der Waals surface area contributed by atoms with Crippen LogP contribution in [0.3, 0.4) is 0 Å². The van der Waals surface area contributed by atoms with E-state index in [1.54, 1.807) is 37.5 Å². The molecule has 2 amide bonds. The third kappa shape index (κ3) is 8.39. The van der Waals surface area contributed by atoms with Crippen LogP contribution in [0.25, 0.3) is 6.08 Å². The monoisotopic (exact) mass is 535 g/mol. The maximum absolute atomic E-state index is 12.0. The summed E-state index contributed by atoms with van der Waals surface area (Å²) in [6.45, 7) is 3.95. The van der Waals surface area contributed by atoms with E-state index in [9.17, 15) is 9.59 Å². The predicted molar refractivity (Wildman–Crippen MR) is 134 cm³/mol. The molecule has 0 spiro atoms. The van der Waals surface area contributed by atoms with Gasteiger partial charge in [-0.2, -0.15) is 0 Å². The Labute approximate surface area is 206 Å². The van der Waals surface area contributed by atoms with Gasteiger partial charge in [0.25, 0.3) is 5.91 Å². The van der Waals surface area contributed by atoms with E-state index in [1.165, 1.54) is 13.2 Å². The topological polar surface area (TPSA) is 97.9 Å². The number of ether oxygens (including phenoxy) is 3. The normalized spacial score (nSPS) is 10.6. The third-order valence-electron chi connectivity index (χ3n) is 4.37. The Morgan fingerprint density at radius 1 is 1.03 bits per heavy atom. The van der Waals surface area contributed by atoms with Gasteiger partial charge in [-0.05, 0) is 75.5 Å². The first-order valence-electron chi connectivity index (χ1n) is 9.95. The van der Waals surface area contributed by atoms with Gasteiger partial charge in [0.15, 0.2) is 23.2 Å². The minimum Gasteiger partial charge on any atom is -0.493 e. The van der Waals surface area contributed by atoms with E-state index < -0.39 is 11.8 Å². The van der Waals surface area contributed by atoms with Crippen molar-refractivity contribution >= 4 is 51.2 Å². The second-order valence-electron chi connectivity index (χ2n) is 7.07. The first-order valence-corrected chi connectivity index (χ1v) is 11.2. The van der Waals surface area contributed by atoms with Gasteiger partial charge in [0.05, 0.1) is 18.7 Å². The number of hydrogen-bond donors (Lipinski definition) is 3. The molecule has 33 heavy (non-hydrogen) atoms. The summed E-state index contributed by atoms with van der Waals surface area (Å²) in [5.74, 6) is 1.13. The Hall–Kier alpha value is -3.11. The Morgan fingerprint density at radius 3 is 2.36 bits per heavy atom. The molecule has 10 heteroatoms. The Morgan fingerprint density at radius 2 is 1.73 bits per heavy atom. The van der Waals surface area contributed by atoms with Crippen molar-refractivity contribution in [3.63, 3.8) is 0 Å². The number of hydrogen-bond acceptors (Lipinski definition) is 6. The van der Waals surface area contributed by atoms with Crippen LogP contribution in [0.1, 0.15) is 30.9 Å². The third-order valence-corrected chi connectivity index (χ3v) is 5.19. The Balaban J connectivity index is 1.77. The number of thiocarbonyl (C=S) groups is 1. The Bertz CT molecular complexity index is 1040. The van der Waals surface area contributed by atoms with Crippen molar-refractivity contribution in [2.24, 2.45) is 0 Å². The average molecular weight is 536 g/mol. The average Bonchev–Trinajstić information content (AvgIpc) is 2.80. The molecule has 0 aliphatic heterocycles. The zero-order valence-corrected chi connectivity index (χ0v) is 21.1. The number of carbonyl (C=O) groups excluding carboxylic acids is 2. The Kier molecular flexibility index (Phi) is 10.1. The summed E-state index contributed by atoms with van der Waals surface area (Å²) in [5.41, 5.74) is 6.72. The minimum atomic E-state index is -0.470. The summed E-state index contributed by atoms with van der Waals surface area (Å²) >= 11 is 8.45. The van der Waals surface area contributed by atoms with Crippen molar-refractivity contribution in [1.82, 2.24) is 16.2 Å². The molecule has 2 aromatic rings. The standard InChI is InChI=1S/C23H26BrN3O5S/c1-14(2)16-7-9-18(17(24)12-16)32-13-22(29)26-27-23(33)25-21(28)10-6-15-5-8-19(30-3)20(11-15)31-4/h5-12,14H,13H2,1-4H3,(H,26,29)(H2,25,27,28,33)/b10-6+. The number of halogens is 1. The first-order chi connectivity index (χ1) is 15.7. The predicted octanol–water partition coefficient (Wildman–Crippen LogP) is 3.70. The van der Waals surface area contributed by atoms with Crippen molar-refractivity contribution in [3.8, 4) is 17.2 Å². The number of hydrazine groups is 1. The fraction of sp³-hybridized carbons (Fsp3) is 0.261. The summed E-state index contributed by atoms with van der Waals surface area (Å²) in [4.78, 5) is 24.0. The quantitative estimate of drug-likeness (QED) is 0.269. The number of rotatable bonds is 8. The van der Waals surface area contributed by atoms with Gasteiger partial charge in [-0.1, -0.05) is 26.0 Å². The largest absolute Gasteiger partial charge is 0.493 e. The van der Waals surface area contributed by atoms with Crippen molar-refractivity contribution in [3.05, 3.63) is 58.1 Å². The first kappa shape index (κ1) is 26.1. The second kappa shape index (κ2) is 12.8. The smallest absolute Gasteiger partial charge is 0.276 e. The highest BCUT2D eigenvalue weighted by Crippen LogP contribution is 2.29. The van der Waals surface area contributed by atoms with Gasteiger partial charge < -0.3 is 14.2 Å². The van der Waals surface area contributed by atoms with Gasteiger partial charge in [0.1, 0.15) is 5.75 Å². The van der Waals surface area contributed by atoms with E-state index in [0.29, 0.717) is 23.2 Å². The van der Waals surface area contributed by atoms with E-state index in [2.05, 4.69) is 45.9 Å². The summed E-state index contributed by atoms with van der Waals surface area (Å²) in [6, 6.07) is 10.9.